The third kappa shape index (κ3) is 6.63. The smallest absolute Gasteiger partial charge is 0.227 e. The number of hydrogen-bond donors (Lipinski definition) is 1. The lowest BCUT2D eigenvalue weighted by Crippen LogP contribution is -2.39. The molecule has 3 aromatic rings. The maximum atomic E-state index is 12.2. The van der Waals surface area contributed by atoms with Crippen LogP contribution in [0.3, 0.4) is 0 Å². The number of carbonyl (C=O) groups is 1. The molecular formula is C30H38N8O. The molecule has 1 aliphatic heterocycles. The van der Waals surface area contributed by atoms with Crippen molar-refractivity contribution >= 4 is 17.5 Å². The number of anilines is 2. The standard InChI is InChI=1S/C30H38N8O/c1-36(2)29(39)24-13-17-37(18-14-24)20-22-7-9-26(10-8-22)34-30-32-16-12-27(35-30)25-19-33-38(21-25)28(11-15-31)23-5-3-4-6-23/h7-10,12,16,19,21,23-24,28H,3-6,11,13-14,17-18,20H2,1-2H3,(H,32,34,35). The molecule has 5 rings (SSSR count). The Bertz CT molecular complexity index is 1280. The van der Waals surface area contributed by atoms with E-state index in [4.69, 9.17) is 4.98 Å². The first-order chi connectivity index (χ1) is 19.0. The molecule has 1 unspecified atom stereocenters. The SMILES string of the molecule is CN(C)C(=O)C1CCN(Cc2ccc(Nc3nccc(-c4cnn(C(CC#N)C5CCCC5)c4)n3)cc2)CC1. The summed E-state index contributed by atoms with van der Waals surface area (Å²) >= 11 is 0. The number of rotatable bonds is 9. The summed E-state index contributed by atoms with van der Waals surface area (Å²) in [5.74, 6) is 1.45. The Balaban J connectivity index is 1.18. The second-order valence-electron chi connectivity index (χ2n) is 11.1. The molecule has 39 heavy (non-hydrogen) atoms. The quantitative estimate of drug-likeness (QED) is 0.417. The lowest BCUT2D eigenvalue weighted by molar-refractivity contribution is -0.134. The lowest BCUT2D eigenvalue weighted by atomic mass is 9.95. The number of nitriles is 1. The number of carbonyl (C=O) groups excluding carboxylic acids is 1. The summed E-state index contributed by atoms with van der Waals surface area (Å²) in [4.78, 5) is 25.5. The number of likely N-dealkylation sites (tertiary alicyclic amines) is 1. The normalized spacial score (nSPS) is 17.6. The van der Waals surface area contributed by atoms with Gasteiger partial charge in [0.2, 0.25) is 11.9 Å². The first-order valence-electron chi connectivity index (χ1n) is 14.0. The number of benzene rings is 1. The summed E-state index contributed by atoms with van der Waals surface area (Å²) < 4.78 is 1.96. The maximum Gasteiger partial charge on any atom is 0.227 e. The first kappa shape index (κ1) is 26.8. The van der Waals surface area contributed by atoms with E-state index in [9.17, 15) is 10.1 Å². The van der Waals surface area contributed by atoms with Crippen LogP contribution in [0.4, 0.5) is 11.6 Å². The monoisotopic (exact) mass is 526 g/mol. The molecule has 3 heterocycles. The Hall–Kier alpha value is -3.77. The van der Waals surface area contributed by atoms with Gasteiger partial charge < -0.3 is 10.2 Å². The van der Waals surface area contributed by atoms with Gasteiger partial charge in [-0.2, -0.15) is 10.4 Å². The minimum absolute atomic E-state index is 0.121. The number of nitrogens with zero attached hydrogens (tertiary/aromatic N) is 7. The van der Waals surface area contributed by atoms with E-state index in [0.29, 0.717) is 18.3 Å². The highest BCUT2D eigenvalue weighted by molar-refractivity contribution is 5.78. The van der Waals surface area contributed by atoms with Gasteiger partial charge in [0.25, 0.3) is 0 Å². The van der Waals surface area contributed by atoms with Crippen molar-refractivity contribution in [1.82, 2.24) is 29.5 Å². The van der Waals surface area contributed by atoms with Crippen LogP contribution in [0.25, 0.3) is 11.3 Å². The highest BCUT2D eigenvalue weighted by Gasteiger charge is 2.27. The van der Waals surface area contributed by atoms with Crippen LogP contribution in [0.1, 0.15) is 56.6 Å². The second-order valence-corrected chi connectivity index (χ2v) is 11.1. The summed E-state index contributed by atoms with van der Waals surface area (Å²) in [7, 11) is 3.67. The van der Waals surface area contributed by atoms with Gasteiger partial charge in [-0.15, -0.1) is 0 Å². The van der Waals surface area contributed by atoms with E-state index in [0.717, 1.165) is 62.3 Å². The van der Waals surface area contributed by atoms with Gasteiger partial charge in [0, 0.05) is 50.2 Å². The number of amides is 1. The van der Waals surface area contributed by atoms with Crippen molar-refractivity contribution in [3.05, 3.63) is 54.5 Å². The molecule has 2 aliphatic rings. The minimum atomic E-state index is 0.121. The van der Waals surface area contributed by atoms with E-state index in [1.807, 2.05) is 37.2 Å². The van der Waals surface area contributed by atoms with Gasteiger partial charge in [-0.1, -0.05) is 25.0 Å². The molecule has 1 N–H and O–H groups in total. The zero-order valence-corrected chi connectivity index (χ0v) is 23.0. The van der Waals surface area contributed by atoms with Crippen LogP contribution >= 0.6 is 0 Å². The highest BCUT2D eigenvalue weighted by atomic mass is 16.2. The number of nitrogens with one attached hydrogen (secondary N) is 1. The van der Waals surface area contributed by atoms with Gasteiger partial charge in [-0.3, -0.25) is 14.4 Å². The molecule has 204 valence electrons. The molecule has 0 radical (unpaired) electrons. The van der Waals surface area contributed by atoms with E-state index in [-0.39, 0.29) is 17.9 Å². The van der Waals surface area contributed by atoms with E-state index in [1.165, 1.54) is 18.4 Å². The predicted octanol–water partition coefficient (Wildman–Crippen LogP) is 5.03. The fourth-order valence-electron chi connectivity index (χ4n) is 5.93. The summed E-state index contributed by atoms with van der Waals surface area (Å²) in [6.07, 6.45) is 12.7. The van der Waals surface area contributed by atoms with Crippen LogP contribution < -0.4 is 5.32 Å². The molecule has 9 nitrogen and oxygen atoms in total. The van der Waals surface area contributed by atoms with Gasteiger partial charge in [-0.25, -0.2) is 9.97 Å². The summed E-state index contributed by atoms with van der Waals surface area (Å²) in [5, 5.41) is 17.3. The molecular weight excluding hydrogens is 488 g/mol. The molecule has 2 aromatic heterocycles. The second kappa shape index (κ2) is 12.4. The van der Waals surface area contributed by atoms with E-state index < -0.39 is 0 Å². The van der Waals surface area contributed by atoms with Crippen LogP contribution in [0.15, 0.2) is 48.9 Å². The van der Waals surface area contributed by atoms with Crippen LogP contribution in [0.5, 0.6) is 0 Å². The van der Waals surface area contributed by atoms with Crippen molar-refractivity contribution < 1.29 is 4.79 Å². The predicted molar refractivity (Wildman–Crippen MR) is 151 cm³/mol. The number of hydrogen-bond acceptors (Lipinski definition) is 7. The van der Waals surface area contributed by atoms with Crippen molar-refractivity contribution in [1.29, 1.82) is 5.26 Å². The van der Waals surface area contributed by atoms with E-state index in [2.05, 4.69) is 50.6 Å². The molecule has 9 heteroatoms. The third-order valence-corrected chi connectivity index (χ3v) is 8.13. The summed E-state index contributed by atoms with van der Waals surface area (Å²) in [6, 6.07) is 12.7. The summed E-state index contributed by atoms with van der Waals surface area (Å²) in [5.41, 5.74) is 3.90. The minimum Gasteiger partial charge on any atom is -0.349 e. The Morgan fingerprint density at radius 2 is 1.87 bits per heavy atom. The van der Waals surface area contributed by atoms with Gasteiger partial charge in [0.1, 0.15) is 0 Å². The maximum absolute atomic E-state index is 12.2. The Morgan fingerprint density at radius 1 is 1.13 bits per heavy atom. The van der Waals surface area contributed by atoms with E-state index >= 15 is 0 Å². The fourth-order valence-corrected chi connectivity index (χ4v) is 5.93. The molecule has 0 bridgehead atoms. The molecule has 1 amide bonds. The Labute approximate surface area is 230 Å². The Kier molecular flexibility index (Phi) is 8.52. The van der Waals surface area contributed by atoms with Crippen LogP contribution in [0, 0.1) is 23.2 Å². The van der Waals surface area contributed by atoms with Crippen molar-refractivity contribution in [3.63, 3.8) is 0 Å². The molecule has 1 aromatic carbocycles. The average molecular weight is 527 g/mol. The molecule has 1 atom stereocenters. The van der Waals surface area contributed by atoms with Gasteiger partial charge in [0.05, 0.1) is 30.4 Å². The largest absolute Gasteiger partial charge is 0.349 e. The first-order valence-corrected chi connectivity index (χ1v) is 14.0. The molecule has 1 saturated carbocycles. The molecule has 1 saturated heterocycles. The van der Waals surface area contributed by atoms with Crippen molar-refractivity contribution in [2.24, 2.45) is 11.8 Å². The van der Waals surface area contributed by atoms with Gasteiger partial charge in [0.15, 0.2) is 0 Å². The highest BCUT2D eigenvalue weighted by Crippen LogP contribution is 2.36. The van der Waals surface area contributed by atoms with Crippen LogP contribution in [-0.4, -0.2) is 62.6 Å². The number of piperidine rings is 1. The molecule has 2 fully saturated rings. The Morgan fingerprint density at radius 3 is 2.56 bits per heavy atom. The van der Waals surface area contributed by atoms with Crippen molar-refractivity contribution in [2.45, 2.75) is 57.5 Å². The number of aromatic nitrogens is 4. The topological polar surface area (TPSA) is 103 Å². The molecule has 0 spiro atoms. The van der Waals surface area contributed by atoms with Crippen molar-refractivity contribution in [2.75, 3.05) is 32.5 Å². The summed E-state index contributed by atoms with van der Waals surface area (Å²) in [6.45, 7) is 2.77. The van der Waals surface area contributed by atoms with Crippen molar-refractivity contribution in [3.8, 4) is 17.3 Å². The third-order valence-electron chi connectivity index (χ3n) is 8.13. The average Bonchev–Trinajstić information content (AvgIpc) is 3.66. The van der Waals surface area contributed by atoms with Crippen LogP contribution in [0.2, 0.25) is 0 Å². The van der Waals surface area contributed by atoms with Crippen LogP contribution in [-0.2, 0) is 11.3 Å². The van der Waals surface area contributed by atoms with Gasteiger partial charge >= 0.3 is 0 Å². The molecule has 1 aliphatic carbocycles. The van der Waals surface area contributed by atoms with E-state index in [1.54, 1.807) is 11.1 Å². The fraction of sp³-hybridized carbons (Fsp3) is 0.500. The van der Waals surface area contributed by atoms with Gasteiger partial charge in [-0.05, 0) is 68.5 Å². The zero-order chi connectivity index (χ0) is 27.2. The lowest BCUT2D eigenvalue weighted by Gasteiger charge is -2.32. The zero-order valence-electron chi connectivity index (χ0n) is 23.0.